The van der Waals surface area contributed by atoms with Gasteiger partial charge in [0.15, 0.2) is 5.43 Å². The number of fused-ring (bicyclic) bond motifs is 2. The Balaban J connectivity index is 1.83. The second-order valence-corrected chi connectivity index (χ2v) is 8.57. The molecule has 1 aromatic heterocycles. The van der Waals surface area contributed by atoms with Crippen LogP contribution in [-0.2, 0) is 6.42 Å². The summed E-state index contributed by atoms with van der Waals surface area (Å²) in [5, 5.41) is 10.7. The zero-order chi connectivity index (χ0) is 18.5. The minimum atomic E-state index is -0.0266. The molecule has 0 aliphatic carbocycles. The maximum atomic E-state index is 13.2. The fourth-order valence-electron chi connectivity index (χ4n) is 3.56. The monoisotopic (exact) mass is 435 g/mol. The molecule has 0 fully saturated rings. The number of aromatic nitrogens is 1. The number of nitrogens with zero attached hydrogens (tertiary/aromatic N) is 1. The topological polar surface area (TPSA) is 42.2 Å². The highest BCUT2D eigenvalue weighted by Gasteiger charge is 2.22. The van der Waals surface area contributed by atoms with Crippen LogP contribution in [-0.4, -0.2) is 9.67 Å². The van der Waals surface area contributed by atoms with Gasteiger partial charge in [-0.05, 0) is 35.9 Å². The first-order valence-electron chi connectivity index (χ1n) is 8.53. The van der Waals surface area contributed by atoms with Crippen LogP contribution in [0, 0.1) is 0 Å². The number of phenolic OH excluding ortho intramolecular Hbond substituents is 1. The van der Waals surface area contributed by atoms with Crippen molar-refractivity contribution in [2.45, 2.75) is 16.2 Å². The van der Waals surface area contributed by atoms with E-state index in [1.807, 2.05) is 42.6 Å². The van der Waals surface area contributed by atoms with E-state index in [0.29, 0.717) is 17.4 Å². The molecule has 3 aromatic carbocycles. The highest BCUT2D eigenvalue weighted by atomic mass is 79.9. The van der Waals surface area contributed by atoms with Gasteiger partial charge >= 0.3 is 0 Å². The standard InChI is InChI=1S/C22H14BrNO2S/c23-15-6-7-19-18(9-15)24-12-14(8-13-4-2-1-3-5-13)22(26)17-10-16(25)11-20(27-19)21(17)24/h1-7,9-12,25H,8H2. The van der Waals surface area contributed by atoms with Gasteiger partial charge < -0.3 is 9.67 Å². The van der Waals surface area contributed by atoms with Crippen molar-refractivity contribution in [2.24, 2.45) is 0 Å². The van der Waals surface area contributed by atoms with Crippen LogP contribution in [0.15, 0.2) is 85.9 Å². The van der Waals surface area contributed by atoms with Gasteiger partial charge in [0.05, 0.1) is 16.6 Å². The molecule has 5 rings (SSSR count). The molecule has 1 aliphatic rings. The average Bonchev–Trinajstić information content (AvgIpc) is 2.66. The first-order chi connectivity index (χ1) is 13.1. The highest BCUT2D eigenvalue weighted by molar-refractivity contribution is 9.10. The molecule has 5 heteroatoms. The third-order valence-corrected chi connectivity index (χ3v) is 6.35. The molecule has 0 amide bonds. The summed E-state index contributed by atoms with van der Waals surface area (Å²) in [7, 11) is 0. The van der Waals surface area contributed by atoms with Gasteiger partial charge in [0.1, 0.15) is 5.75 Å². The van der Waals surface area contributed by atoms with E-state index in [4.69, 9.17) is 0 Å². The molecule has 1 N–H and O–H groups in total. The molecule has 132 valence electrons. The lowest BCUT2D eigenvalue weighted by Crippen LogP contribution is -2.17. The molecule has 0 spiro atoms. The molecule has 3 nitrogen and oxygen atoms in total. The molecule has 2 heterocycles. The lowest BCUT2D eigenvalue weighted by Gasteiger charge is -2.23. The minimum absolute atomic E-state index is 0.0266. The summed E-state index contributed by atoms with van der Waals surface area (Å²) in [6.45, 7) is 0. The predicted octanol–water partition coefficient (Wildman–Crippen LogP) is 5.51. The molecule has 0 atom stereocenters. The minimum Gasteiger partial charge on any atom is -0.508 e. The molecule has 27 heavy (non-hydrogen) atoms. The van der Waals surface area contributed by atoms with Crippen molar-refractivity contribution in [3.05, 3.63) is 92.7 Å². The summed E-state index contributed by atoms with van der Waals surface area (Å²) < 4.78 is 3.07. The number of hydrogen-bond donors (Lipinski definition) is 1. The van der Waals surface area contributed by atoms with Crippen LogP contribution in [0.5, 0.6) is 5.75 Å². The van der Waals surface area contributed by atoms with E-state index in [1.165, 1.54) is 0 Å². The summed E-state index contributed by atoms with van der Waals surface area (Å²) >= 11 is 5.13. The van der Waals surface area contributed by atoms with Crippen LogP contribution in [0.2, 0.25) is 0 Å². The van der Waals surface area contributed by atoms with Gasteiger partial charge in [0.2, 0.25) is 0 Å². The predicted molar refractivity (Wildman–Crippen MR) is 112 cm³/mol. The Labute approximate surface area is 168 Å². The van der Waals surface area contributed by atoms with Crippen LogP contribution in [0.25, 0.3) is 16.6 Å². The Morgan fingerprint density at radius 1 is 1.00 bits per heavy atom. The summed E-state index contributed by atoms with van der Waals surface area (Å²) in [5.74, 6) is 0.117. The molecule has 0 bridgehead atoms. The van der Waals surface area contributed by atoms with E-state index >= 15 is 0 Å². The fourth-order valence-corrected chi connectivity index (χ4v) is 5.03. The van der Waals surface area contributed by atoms with Gasteiger partial charge in [-0.15, -0.1) is 0 Å². The zero-order valence-corrected chi connectivity index (χ0v) is 16.5. The molecule has 1 aliphatic heterocycles. The normalized spacial score (nSPS) is 12.2. The molecular weight excluding hydrogens is 422 g/mol. The van der Waals surface area contributed by atoms with Crippen LogP contribution in [0.4, 0.5) is 0 Å². The first-order valence-corrected chi connectivity index (χ1v) is 10.1. The fraction of sp³-hybridized carbons (Fsp3) is 0.0455. The molecule has 0 saturated carbocycles. The van der Waals surface area contributed by atoms with Crippen LogP contribution in [0.3, 0.4) is 0 Å². The summed E-state index contributed by atoms with van der Waals surface area (Å²) in [6, 6.07) is 19.4. The molecule has 0 radical (unpaired) electrons. The second kappa shape index (κ2) is 6.29. The van der Waals surface area contributed by atoms with Crippen molar-refractivity contribution < 1.29 is 5.11 Å². The Morgan fingerprint density at radius 3 is 2.63 bits per heavy atom. The summed E-state index contributed by atoms with van der Waals surface area (Å²) in [6.07, 6.45) is 2.50. The van der Waals surface area contributed by atoms with Crippen LogP contribution in [0.1, 0.15) is 11.1 Å². The number of pyridine rings is 1. The van der Waals surface area contributed by atoms with E-state index in [1.54, 1.807) is 23.9 Å². The first kappa shape index (κ1) is 16.7. The van der Waals surface area contributed by atoms with E-state index in [0.717, 1.165) is 31.0 Å². The van der Waals surface area contributed by atoms with E-state index < -0.39 is 0 Å². The van der Waals surface area contributed by atoms with E-state index in [2.05, 4.69) is 32.6 Å². The van der Waals surface area contributed by atoms with Crippen molar-refractivity contribution in [3.8, 4) is 11.4 Å². The van der Waals surface area contributed by atoms with Gasteiger partial charge in [-0.3, -0.25) is 4.79 Å². The Hall–Kier alpha value is -2.50. The van der Waals surface area contributed by atoms with Gasteiger partial charge in [0.25, 0.3) is 0 Å². The van der Waals surface area contributed by atoms with Crippen LogP contribution >= 0.6 is 27.7 Å². The number of hydrogen-bond acceptors (Lipinski definition) is 3. The SMILES string of the molecule is O=c1c(Cc2ccccc2)cn2c3c(cc(O)cc13)Sc1ccc(Br)cc1-2. The quantitative estimate of drug-likeness (QED) is 0.397. The van der Waals surface area contributed by atoms with Crippen LogP contribution < -0.4 is 5.43 Å². The third-order valence-electron chi connectivity index (χ3n) is 4.76. The van der Waals surface area contributed by atoms with Crippen molar-refractivity contribution in [2.75, 3.05) is 0 Å². The Morgan fingerprint density at radius 2 is 1.81 bits per heavy atom. The van der Waals surface area contributed by atoms with Crippen molar-refractivity contribution in [1.82, 2.24) is 4.57 Å². The maximum absolute atomic E-state index is 13.2. The number of benzene rings is 3. The lowest BCUT2D eigenvalue weighted by atomic mass is 10.0. The lowest BCUT2D eigenvalue weighted by molar-refractivity contribution is 0.474. The number of aromatic hydroxyl groups is 1. The highest BCUT2D eigenvalue weighted by Crippen LogP contribution is 2.44. The van der Waals surface area contributed by atoms with E-state index in [-0.39, 0.29) is 11.2 Å². The van der Waals surface area contributed by atoms with Crippen molar-refractivity contribution >= 4 is 38.6 Å². The molecule has 0 saturated heterocycles. The van der Waals surface area contributed by atoms with Gasteiger partial charge in [-0.2, -0.15) is 0 Å². The van der Waals surface area contributed by atoms with E-state index in [9.17, 15) is 9.90 Å². The third kappa shape index (κ3) is 2.78. The van der Waals surface area contributed by atoms with Crippen molar-refractivity contribution in [1.29, 1.82) is 0 Å². The Bertz CT molecular complexity index is 1270. The van der Waals surface area contributed by atoms with Gasteiger partial charge in [-0.1, -0.05) is 58.0 Å². The molecule has 4 aromatic rings. The number of rotatable bonds is 2. The second-order valence-electron chi connectivity index (χ2n) is 6.57. The summed E-state index contributed by atoms with van der Waals surface area (Å²) in [4.78, 5) is 15.1. The molecule has 0 unspecified atom stereocenters. The maximum Gasteiger partial charge on any atom is 0.193 e. The average molecular weight is 436 g/mol. The van der Waals surface area contributed by atoms with Gasteiger partial charge in [-0.25, -0.2) is 0 Å². The largest absolute Gasteiger partial charge is 0.508 e. The smallest absolute Gasteiger partial charge is 0.193 e. The Kier molecular flexibility index (Phi) is 3.88. The number of halogens is 1. The summed E-state index contributed by atoms with van der Waals surface area (Å²) in [5.41, 5.74) is 3.66. The molecular formula is C22H14BrNO2S. The zero-order valence-electron chi connectivity index (χ0n) is 14.1. The number of phenols is 1. The van der Waals surface area contributed by atoms with Gasteiger partial charge in [0, 0.05) is 32.4 Å². The van der Waals surface area contributed by atoms with Crippen molar-refractivity contribution in [3.63, 3.8) is 0 Å².